The molecular weight excluding hydrogens is 296 g/mol. The number of carbonyl (C=O) groups excluding carboxylic acids is 1. The second kappa shape index (κ2) is 6.39. The van der Waals surface area contributed by atoms with E-state index in [1.807, 2.05) is 0 Å². The SMILES string of the molecule is N[C@@H](CCC(=O)OP(=O)(O)OP(=O)(O)O)C(=O)O. The molecule has 0 aromatic rings. The van der Waals surface area contributed by atoms with Crippen molar-refractivity contribution in [1.29, 1.82) is 0 Å². The average molecular weight is 307 g/mol. The summed E-state index contributed by atoms with van der Waals surface area (Å²) in [6.45, 7) is 0. The Kier molecular flexibility index (Phi) is 6.11. The summed E-state index contributed by atoms with van der Waals surface area (Å²) in [7, 11) is -10.6. The molecule has 0 aliphatic carbocycles. The van der Waals surface area contributed by atoms with Crippen molar-refractivity contribution in [2.24, 2.45) is 5.73 Å². The van der Waals surface area contributed by atoms with Crippen molar-refractivity contribution in [3.05, 3.63) is 0 Å². The first kappa shape index (κ1) is 17.2. The molecule has 0 spiro atoms. The van der Waals surface area contributed by atoms with Crippen LogP contribution in [0.4, 0.5) is 0 Å². The van der Waals surface area contributed by atoms with E-state index >= 15 is 0 Å². The number of aliphatic carboxylic acids is 1. The van der Waals surface area contributed by atoms with E-state index in [4.69, 9.17) is 25.5 Å². The van der Waals surface area contributed by atoms with Gasteiger partial charge >= 0.3 is 27.6 Å². The molecule has 0 bridgehead atoms. The summed E-state index contributed by atoms with van der Waals surface area (Å²) in [5.41, 5.74) is 5.04. The monoisotopic (exact) mass is 307 g/mol. The molecule has 0 aliphatic heterocycles. The first-order valence-electron chi connectivity index (χ1n) is 4.23. The molecule has 0 amide bonds. The van der Waals surface area contributed by atoms with Crippen LogP contribution in [0, 0.1) is 0 Å². The molecule has 13 heteroatoms. The topological polar surface area (TPSA) is 194 Å². The molecule has 0 saturated heterocycles. The van der Waals surface area contributed by atoms with Gasteiger partial charge in [-0.1, -0.05) is 0 Å². The van der Waals surface area contributed by atoms with Gasteiger partial charge in [-0.15, -0.1) is 0 Å². The minimum atomic E-state index is -5.31. The molecule has 0 aliphatic rings. The van der Waals surface area contributed by atoms with Crippen LogP contribution in [0.25, 0.3) is 0 Å². The van der Waals surface area contributed by atoms with Crippen LogP contribution in [0.15, 0.2) is 0 Å². The Hall–Kier alpha value is -0.800. The maximum absolute atomic E-state index is 10.9. The highest BCUT2D eigenvalue weighted by Gasteiger charge is 2.35. The van der Waals surface area contributed by atoms with E-state index in [1.165, 1.54) is 0 Å². The third-order valence-electron chi connectivity index (χ3n) is 1.40. The van der Waals surface area contributed by atoms with Crippen molar-refractivity contribution in [3.63, 3.8) is 0 Å². The average Bonchev–Trinajstić information content (AvgIpc) is 2.08. The van der Waals surface area contributed by atoms with Crippen LogP contribution in [0.2, 0.25) is 0 Å². The van der Waals surface area contributed by atoms with Crippen LogP contribution in [0.1, 0.15) is 12.8 Å². The number of carbonyl (C=O) groups is 2. The lowest BCUT2D eigenvalue weighted by Gasteiger charge is -2.12. The molecule has 18 heavy (non-hydrogen) atoms. The summed E-state index contributed by atoms with van der Waals surface area (Å²) < 4.78 is 28.2. The molecule has 2 atom stereocenters. The van der Waals surface area contributed by atoms with Crippen molar-refractivity contribution >= 4 is 27.6 Å². The maximum atomic E-state index is 10.9. The number of hydrogen-bond acceptors (Lipinski definition) is 7. The highest BCUT2D eigenvalue weighted by atomic mass is 31.3. The molecule has 0 aromatic carbocycles. The molecule has 0 fully saturated rings. The molecule has 0 heterocycles. The minimum Gasteiger partial charge on any atom is -0.480 e. The number of carboxylic acid groups (broad SMARTS) is 1. The number of rotatable bonds is 7. The normalized spacial score (nSPS) is 16.7. The summed E-state index contributed by atoms with van der Waals surface area (Å²) >= 11 is 0. The summed E-state index contributed by atoms with van der Waals surface area (Å²) in [5, 5.41) is 8.37. The summed E-state index contributed by atoms with van der Waals surface area (Å²) in [5.74, 6) is -2.77. The Morgan fingerprint density at radius 3 is 2.11 bits per heavy atom. The highest BCUT2D eigenvalue weighted by Crippen LogP contribution is 2.57. The quantitative estimate of drug-likeness (QED) is 0.359. The maximum Gasteiger partial charge on any atom is 0.538 e. The van der Waals surface area contributed by atoms with E-state index in [1.54, 1.807) is 0 Å². The molecule has 0 rings (SSSR count). The second-order valence-corrected chi connectivity index (χ2v) is 5.74. The fourth-order valence-corrected chi connectivity index (χ4v) is 2.28. The largest absolute Gasteiger partial charge is 0.538 e. The summed E-state index contributed by atoms with van der Waals surface area (Å²) in [6, 6.07) is -1.38. The lowest BCUT2D eigenvalue weighted by atomic mass is 10.2. The van der Waals surface area contributed by atoms with Crippen LogP contribution in [-0.4, -0.2) is 37.8 Å². The van der Waals surface area contributed by atoms with E-state index in [0.717, 1.165) is 0 Å². The third kappa shape index (κ3) is 8.31. The zero-order chi connectivity index (χ0) is 14.6. The molecule has 0 saturated carbocycles. The van der Waals surface area contributed by atoms with Gasteiger partial charge in [0, 0.05) is 6.42 Å². The van der Waals surface area contributed by atoms with E-state index in [9.17, 15) is 18.7 Å². The molecule has 0 radical (unpaired) electrons. The summed E-state index contributed by atoms with van der Waals surface area (Å²) in [6.07, 6.45) is -1.02. The van der Waals surface area contributed by atoms with Crippen molar-refractivity contribution in [2.75, 3.05) is 0 Å². The molecule has 1 unspecified atom stereocenters. The lowest BCUT2D eigenvalue weighted by molar-refractivity contribution is -0.139. The van der Waals surface area contributed by atoms with Crippen molar-refractivity contribution in [1.82, 2.24) is 0 Å². The van der Waals surface area contributed by atoms with Gasteiger partial charge in [0.15, 0.2) is 0 Å². The van der Waals surface area contributed by atoms with Gasteiger partial charge in [0.05, 0.1) is 0 Å². The predicted molar refractivity (Wildman–Crippen MR) is 53.9 cm³/mol. The van der Waals surface area contributed by atoms with E-state index in [0.29, 0.717) is 0 Å². The third-order valence-corrected chi connectivity index (χ3v) is 3.51. The Balaban J connectivity index is 4.28. The number of phosphoric acid groups is 2. The van der Waals surface area contributed by atoms with Gasteiger partial charge in [0.2, 0.25) is 0 Å². The van der Waals surface area contributed by atoms with Crippen molar-refractivity contribution in [2.45, 2.75) is 18.9 Å². The van der Waals surface area contributed by atoms with Crippen molar-refractivity contribution in [3.8, 4) is 0 Å². The number of nitrogens with two attached hydrogens (primary N) is 1. The van der Waals surface area contributed by atoms with E-state index < -0.39 is 40.0 Å². The molecule has 0 aromatic heterocycles. The number of carboxylic acids is 1. The van der Waals surface area contributed by atoms with Gasteiger partial charge in [-0.3, -0.25) is 14.5 Å². The van der Waals surface area contributed by atoms with Crippen LogP contribution in [-0.2, 0) is 27.6 Å². The highest BCUT2D eigenvalue weighted by molar-refractivity contribution is 7.61. The lowest BCUT2D eigenvalue weighted by Crippen LogP contribution is -2.30. The predicted octanol–water partition coefficient (Wildman–Crippen LogP) is -1.07. The Bertz CT molecular complexity index is 414. The molecule has 106 valence electrons. The standard InChI is InChI=1S/C5H11NO10P2/c6-3(5(8)9)1-2-4(7)15-18(13,14)16-17(10,11)12/h3H,1-2,6H2,(H,8,9)(H,13,14)(H2,10,11,12)/t3-/m0/s1. The Labute approximate surface area is 100 Å². The van der Waals surface area contributed by atoms with Gasteiger partial charge in [0.1, 0.15) is 6.04 Å². The fourth-order valence-electron chi connectivity index (χ4n) is 0.722. The molecular formula is C5H11NO10P2. The fraction of sp³-hybridized carbons (Fsp3) is 0.600. The number of hydrogen-bond donors (Lipinski definition) is 5. The number of phosphoric ester groups is 1. The summed E-state index contributed by atoms with van der Waals surface area (Å²) in [4.78, 5) is 46.4. The smallest absolute Gasteiger partial charge is 0.480 e. The first-order chi connectivity index (χ1) is 7.93. The molecule has 6 N–H and O–H groups in total. The van der Waals surface area contributed by atoms with Crippen molar-refractivity contribution < 1.29 is 47.3 Å². The second-order valence-electron chi connectivity index (χ2n) is 2.99. The minimum absolute atomic E-state index is 0.385. The Morgan fingerprint density at radius 2 is 1.72 bits per heavy atom. The van der Waals surface area contributed by atoms with E-state index in [2.05, 4.69) is 8.83 Å². The van der Waals surface area contributed by atoms with E-state index in [-0.39, 0.29) is 6.42 Å². The van der Waals surface area contributed by atoms with Gasteiger partial charge < -0.3 is 25.2 Å². The molecule has 11 nitrogen and oxygen atoms in total. The van der Waals surface area contributed by atoms with Crippen LogP contribution < -0.4 is 5.73 Å². The van der Waals surface area contributed by atoms with Gasteiger partial charge in [-0.2, -0.15) is 4.31 Å². The van der Waals surface area contributed by atoms with Gasteiger partial charge in [0.25, 0.3) is 0 Å². The van der Waals surface area contributed by atoms with Gasteiger partial charge in [-0.05, 0) is 6.42 Å². The van der Waals surface area contributed by atoms with Gasteiger partial charge in [-0.25, -0.2) is 9.13 Å². The zero-order valence-electron chi connectivity index (χ0n) is 8.70. The first-order valence-corrected chi connectivity index (χ1v) is 7.26. The van der Waals surface area contributed by atoms with Crippen LogP contribution >= 0.6 is 15.6 Å². The van der Waals surface area contributed by atoms with Crippen LogP contribution in [0.5, 0.6) is 0 Å². The zero-order valence-corrected chi connectivity index (χ0v) is 10.5. The van der Waals surface area contributed by atoms with Crippen LogP contribution in [0.3, 0.4) is 0 Å². The Morgan fingerprint density at radius 1 is 1.22 bits per heavy atom.